The quantitative estimate of drug-likeness (QED) is 0.725. The van der Waals surface area contributed by atoms with E-state index in [1.807, 2.05) is 0 Å². The highest BCUT2D eigenvalue weighted by molar-refractivity contribution is 4.81. The molecule has 1 heterocycles. The van der Waals surface area contributed by atoms with Crippen LogP contribution in [0.25, 0.3) is 0 Å². The number of likely N-dealkylation sites (N-methyl/N-ethyl adjacent to an activating group) is 1. The maximum Gasteiger partial charge on any atom is 0.0207 e. The summed E-state index contributed by atoms with van der Waals surface area (Å²) in [6.07, 6.45) is 6.45. The summed E-state index contributed by atoms with van der Waals surface area (Å²) < 4.78 is 0. The van der Waals surface area contributed by atoms with Crippen molar-refractivity contribution >= 4 is 0 Å². The first-order chi connectivity index (χ1) is 7.24. The molecule has 1 saturated carbocycles. The molecule has 0 spiro atoms. The number of nitrogens with one attached hydrogen (secondary N) is 1. The zero-order valence-corrected chi connectivity index (χ0v) is 9.91. The highest BCUT2D eigenvalue weighted by Crippen LogP contribution is 2.22. The van der Waals surface area contributed by atoms with Gasteiger partial charge in [0, 0.05) is 18.6 Å². The summed E-state index contributed by atoms with van der Waals surface area (Å²) in [5.74, 6) is 0.885. The molecule has 0 radical (unpaired) electrons. The summed E-state index contributed by atoms with van der Waals surface area (Å²) in [6.45, 7) is 3.70. The van der Waals surface area contributed by atoms with E-state index in [0.29, 0.717) is 6.04 Å². The van der Waals surface area contributed by atoms with Crippen LogP contribution in [0, 0.1) is 5.92 Å². The van der Waals surface area contributed by atoms with Crippen molar-refractivity contribution in [3.05, 3.63) is 0 Å². The maximum atomic E-state index is 5.91. The SMILES string of the molecule is CN1CCC(NCC2CCC(N)CC2)C1. The second kappa shape index (κ2) is 5.28. The molecule has 88 valence electrons. The molecule has 1 atom stereocenters. The number of nitrogens with two attached hydrogens (primary N) is 1. The van der Waals surface area contributed by atoms with Gasteiger partial charge < -0.3 is 16.0 Å². The van der Waals surface area contributed by atoms with E-state index < -0.39 is 0 Å². The molecule has 0 amide bonds. The summed E-state index contributed by atoms with van der Waals surface area (Å²) in [4.78, 5) is 2.41. The minimum absolute atomic E-state index is 0.485. The summed E-state index contributed by atoms with van der Waals surface area (Å²) in [6, 6.07) is 1.23. The van der Waals surface area contributed by atoms with Gasteiger partial charge in [-0.3, -0.25) is 0 Å². The van der Waals surface area contributed by atoms with E-state index >= 15 is 0 Å². The molecule has 1 saturated heterocycles. The Kier molecular flexibility index (Phi) is 4.00. The highest BCUT2D eigenvalue weighted by Gasteiger charge is 2.22. The molecule has 0 aromatic heterocycles. The summed E-state index contributed by atoms with van der Waals surface area (Å²) >= 11 is 0. The van der Waals surface area contributed by atoms with Crippen LogP contribution in [0.1, 0.15) is 32.1 Å². The smallest absolute Gasteiger partial charge is 0.0207 e. The van der Waals surface area contributed by atoms with E-state index in [-0.39, 0.29) is 0 Å². The van der Waals surface area contributed by atoms with Gasteiger partial charge in [-0.05, 0) is 58.2 Å². The Balaban J connectivity index is 1.61. The molecule has 15 heavy (non-hydrogen) atoms. The number of likely N-dealkylation sites (tertiary alicyclic amines) is 1. The standard InChI is InChI=1S/C12H25N3/c1-15-7-6-12(9-15)14-8-10-2-4-11(13)5-3-10/h10-12,14H,2-9,13H2,1H3. The van der Waals surface area contributed by atoms with Gasteiger partial charge in [0.2, 0.25) is 0 Å². The zero-order chi connectivity index (χ0) is 10.7. The van der Waals surface area contributed by atoms with Crippen molar-refractivity contribution in [1.29, 1.82) is 0 Å². The molecule has 1 aliphatic heterocycles. The van der Waals surface area contributed by atoms with Crippen molar-refractivity contribution in [2.75, 3.05) is 26.7 Å². The van der Waals surface area contributed by atoms with Gasteiger partial charge in [0.15, 0.2) is 0 Å². The molecular weight excluding hydrogens is 186 g/mol. The van der Waals surface area contributed by atoms with Gasteiger partial charge in [-0.25, -0.2) is 0 Å². The number of nitrogens with zero attached hydrogens (tertiary/aromatic N) is 1. The first-order valence-electron chi connectivity index (χ1n) is 6.41. The summed E-state index contributed by atoms with van der Waals surface area (Å²) in [7, 11) is 2.21. The Hall–Kier alpha value is -0.120. The molecule has 1 aliphatic carbocycles. The van der Waals surface area contributed by atoms with Crippen LogP contribution in [-0.4, -0.2) is 43.7 Å². The van der Waals surface area contributed by atoms with Crippen LogP contribution in [0.5, 0.6) is 0 Å². The van der Waals surface area contributed by atoms with Crippen LogP contribution in [0.15, 0.2) is 0 Å². The first-order valence-corrected chi connectivity index (χ1v) is 6.41. The lowest BCUT2D eigenvalue weighted by Crippen LogP contribution is -2.37. The van der Waals surface area contributed by atoms with Crippen LogP contribution < -0.4 is 11.1 Å². The van der Waals surface area contributed by atoms with E-state index in [1.165, 1.54) is 51.7 Å². The molecule has 0 bridgehead atoms. The fraction of sp³-hybridized carbons (Fsp3) is 1.00. The first kappa shape index (κ1) is 11.4. The van der Waals surface area contributed by atoms with Crippen molar-refractivity contribution in [3.8, 4) is 0 Å². The Morgan fingerprint density at radius 2 is 1.93 bits per heavy atom. The molecule has 3 nitrogen and oxygen atoms in total. The van der Waals surface area contributed by atoms with Gasteiger partial charge >= 0.3 is 0 Å². The number of hydrogen-bond donors (Lipinski definition) is 2. The Morgan fingerprint density at radius 1 is 1.20 bits per heavy atom. The average molecular weight is 211 g/mol. The topological polar surface area (TPSA) is 41.3 Å². The molecule has 3 N–H and O–H groups in total. The van der Waals surface area contributed by atoms with Crippen LogP contribution in [0.4, 0.5) is 0 Å². The predicted molar refractivity (Wildman–Crippen MR) is 63.8 cm³/mol. The molecule has 2 fully saturated rings. The Morgan fingerprint density at radius 3 is 2.53 bits per heavy atom. The normalized spacial score (nSPS) is 38.4. The van der Waals surface area contributed by atoms with Gasteiger partial charge in [-0.2, -0.15) is 0 Å². The zero-order valence-electron chi connectivity index (χ0n) is 9.91. The second-order valence-electron chi connectivity index (χ2n) is 5.44. The van der Waals surface area contributed by atoms with Gasteiger partial charge in [0.25, 0.3) is 0 Å². The van der Waals surface area contributed by atoms with Gasteiger partial charge in [0.1, 0.15) is 0 Å². The minimum Gasteiger partial charge on any atom is -0.328 e. The summed E-state index contributed by atoms with van der Waals surface area (Å²) in [5.41, 5.74) is 5.91. The largest absolute Gasteiger partial charge is 0.328 e. The average Bonchev–Trinajstić information content (AvgIpc) is 2.64. The Labute approximate surface area is 93.4 Å². The lowest BCUT2D eigenvalue weighted by atomic mass is 9.86. The Bertz CT molecular complexity index is 187. The van der Waals surface area contributed by atoms with Crippen molar-refractivity contribution in [1.82, 2.24) is 10.2 Å². The van der Waals surface area contributed by atoms with Crippen LogP contribution >= 0.6 is 0 Å². The van der Waals surface area contributed by atoms with Crippen LogP contribution in [0.3, 0.4) is 0 Å². The predicted octanol–water partition coefficient (Wildman–Crippen LogP) is 0.798. The van der Waals surface area contributed by atoms with E-state index in [1.54, 1.807) is 0 Å². The van der Waals surface area contributed by atoms with Crippen LogP contribution in [0.2, 0.25) is 0 Å². The molecule has 0 aromatic rings. The third-order valence-electron chi connectivity index (χ3n) is 3.98. The van der Waals surface area contributed by atoms with E-state index in [0.717, 1.165) is 12.0 Å². The monoisotopic (exact) mass is 211 g/mol. The molecule has 3 heteroatoms. The number of rotatable bonds is 3. The molecule has 2 rings (SSSR count). The van der Waals surface area contributed by atoms with Crippen LogP contribution in [-0.2, 0) is 0 Å². The minimum atomic E-state index is 0.485. The number of hydrogen-bond acceptors (Lipinski definition) is 3. The van der Waals surface area contributed by atoms with Gasteiger partial charge in [-0.1, -0.05) is 0 Å². The van der Waals surface area contributed by atoms with Crippen molar-refractivity contribution in [2.24, 2.45) is 11.7 Å². The molecule has 0 aromatic carbocycles. The van der Waals surface area contributed by atoms with Gasteiger partial charge in [0.05, 0.1) is 0 Å². The molecular formula is C12H25N3. The van der Waals surface area contributed by atoms with Crippen molar-refractivity contribution in [2.45, 2.75) is 44.2 Å². The maximum absolute atomic E-state index is 5.91. The van der Waals surface area contributed by atoms with E-state index in [2.05, 4.69) is 17.3 Å². The highest BCUT2D eigenvalue weighted by atomic mass is 15.2. The molecule has 2 aliphatic rings. The van der Waals surface area contributed by atoms with E-state index in [9.17, 15) is 0 Å². The second-order valence-corrected chi connectivity index (χ2v) is 5.44. The third-order valence-corrected chi connectivity index (χ3v) is 3.98. The lowest BCUT2D eigenvalue weighted by molar-refractivity contribution is 0.301. The van der Waals surface area contributed by atoms with Crippen molar-refractivity contribution < 1.29 is 0 Å². The fourth-order valence-corrected chi connectivity index (χ4v) is 2.83. The third kappa shape index (κ3) is 3.44. The fourth-order valence-electron chi connectivity index (χ4n) is 2.83. The van der Waals surface area contributed by atoms with Gasteiger partial charge in [-0.15, -0.1) is 0 Å². The lowest BCUT2D eigenvalue weighted by Gasteiger charge is -2.27. The molecule has 1 unspecified atom stereocenters. The summed E-state index contributed by atoms with van der Waals surface area (Å²) in [5, 5.41) is 3.71. The van der Waals surface area contributed by atoms with Crippen molar-refractivity contribution in [3.63, 3.8) is 0 Å². The van der Waals surface area contributed by atoms with E-state index in [4.69, 9.17) is 5.73 Å².